The summed E-state index contributed by atoms with van der Waals surface area (Å²) >= 11 is 0. The van der Waals surface area contributed by atoms with Crippen LogP contribution in [-0.4, -0.2) is 31.7 Å². The molecule has 7 heteroatoms. The van der Waals surface area contributed by atoms with Crippen molar-refractivity contribution in [3.8, 4) is 0 Å². The van der Waals surface area contributed by atoms with Crippen molar-refractivity contribution < 1.29 is 13.2 Å². The van der Waals surface area contributed by atoms with Gasteiger partial charge in [0.1, 0.15) is 0 Å². The van der Waals surface area contributed by atoms with E-state index in [9.17, 15) is 13.2 Å². The van der Waals surface area contributed by atoms with Gasteiger partial charge in [0, 0.05) is 18.8 Å². The minimum Gasteiger partial charge on any atom is -0.399 e. The molecule has 1 fully saturated rings. The lowest BCUT2D eigenvalue weighted by Gasteiger charge is -2.31. The quantitative estimate of drug-likeness (QED) is 0.799. The number of carbonyl (C=O) groups excluding carboxylic acids is 1. The van der Waals surface area contributed by atoms with Gasteiger partial charge < -0.3 is 11.5 Å². The molecule has 21 heavy (non-hydrogen) atoms. The number of amides is 1. The molecule has 2 rings (SSSR count). The lowest BCUT2D eigenvalue weighted by atomic mass is 9.99. The van der Waals surface area contributed by atoms with Crippen molar-refractivity contribution in [1.82, 2.24) is 4.31 Å². The first kappa shape index (κ1) is 15.8. The Kier molecular flexibility index (Phi) is 4.53. The largest absolute Gasteiger partial charge is 0.399 e. The van der Waals surface area contributed by atoms with Crippen LogP contribution in [0.3, 0.4) is 0 Å². The van der Waals surface area contributed by atoms with E-state index >= 15 is 0 Å². The van der Waals surface area contributed by atoms with Crippen LogP contribution < -0.4 is 11.5 Å². The first-order valence-corrected chi connectivity index (χ1v) is 8.48. The van der Waals surface area contributed by atoms with Crippen LogP contribution in [0.25, 0.3) is 0 Å². The van der Waals surface area contributed by atoms with Crippen LogP contribution >= 0.6 is 0 Å². The first-order valence-electron chi connectivity index (χ1n) is 7.04. The summed E-state index contributed by atoms with van der Waals surface area (Å²) in [6, 6.07) is 4.92. The molecule has 0 radical (unpaired) electrons. The molecule has 116 valence electrons. The van der Waals surface area contributed by atoms with Gasteiger partial charge in [-0.3, -0.25) is 4.79 Å². The topological polar surface area (TPSA) is 106 Å². The highest BCUT2D eigenvalue weighted by molar-refractivity contribution is 7.89. The van der Waals surface area contributed by atoms with Crippen LogP contribution in [0.5, 0.6) is 0 Å². The molecule has 0 bridgehead atoms. The van der Waals surface area contributed by atoms with E-state index in [2.05, 4.69) is 0 Å². The number of nitrogen functional groups attached to an aromatic ring is 1. The molecule has 1 amide bonds. The van der Waals surface area contributed by atoms with Gasteiger partial charge in [0.2, 0.25) is 15.9 Å². The number of aryl methyl sites for hydroxylation is 1. The molecule has 0 aliphatic carbocycles. The molecule has 1 aliphatic rings. The second-order valence-corrected chi connectivity index (χ2v) is 7.23. The highest BCUT2D eigenvalue weighted by Crippen LogP contribution is 2.27. The molecule has 1 saturated heterocycles. The molecule has 1 atom stereocenters. The van der Waals surface area contributed by atoms with Crippen LogP contribution in [0, 0.1) is 5.92 Å². The summed E-state index contributed by atoms with van der Waals surface area (Å²) in [5.41, 5.74) is 12.2. The normalized spacial score (nSPS) is 20.3. The second kappa shape index (κ2) is 6.03. The number of nitrogens with zero attached hydrogens (tertiary/aromatic N) is 1. The van der Waals surface area contributed by atoms with Crippen LogP contribution in [0.1, 0.15) is 25.3 Å². The van der Waals surface area contributed by atoms with Gasteiger partial charge in [0.25, 0.3) is 0 Å². The maximum absolute atomic E-state index is 12.8. The van der Waals surface area contributed by atoms with Crippen LogP contribution in [0.2, 0.25) is 0 Å². The summed E-state index contributed by atoms with van der Waals surface area (Å²) in [6.45, 7) is 2.45. The summed E-state index contributed by atoms with van der Waals surface area (Å²) in [7, 11) is -3.65. The zero-order chi connectivity index (χ0) is 15.6. The Hall–Kier alpha value is -1.60. The van der Waals surface area contributed by atoms with E-state index in [-0.39, 0.29) is 11.4 Å². The summed E-state index contributed by atoms with van der Waals surface area (Å²) in [4.78, 5) is 11.6. The van der Waals surface area contributed by atoms with Gasteiger partial charge >= 0.3 is 0 Å². The fourth-order valence-electron chi connectivity index (χ4n) is 2.64. The fraction of sp³-hybridized carbons (Fsp3) is 0.500. The van der Waals surface area contributed by atoms with E-state index in [1.54, 1.807) is 12.1 Å². The van der Waals surface area contributed by atoms with E-state index in [0.29, 0.717) is 31.5 Å². The van der Waals surface area contributed by atoms with Crippen molar-refractivity contribution in [3.63, 3.8) is 0 Å². The standard InChI is InChI=1S/C14H21N3O3S/c1-2-10-5-6-12(15)8-13(10)21(19,20)17-7-3-4-11(9-17)14(16)18/h5-6,8,11H,2-4,7,9,15H2,1H3,(H2,16,18). The Morgan fingerprint density at radius 2 is 2.14 bits per heavy atom. The Morgan fingerprint density at radius 3 is 2.76 bits per heavy atom. The van der Waals surface area contributed by atoms with Gasteiger partial charge in [-0.25, -0.2) is 8.42 Å². The van der Waals surface area contributed by atoms with E-state index in [4.69, 9.17) is 11.5 Å². The van der Waals surface area contributed by atoms with Crippen molar-refractivity contribution in [2.45, 2.75) is 31.1 Å². The van der Waals surface area contributed by atoms with Gasteiger partial charge in [-0.2, -0.15) is 4.31 Å². The molecule has 0 spiro atoms. The summed E-state index contributed by atoms with van der Waals surface area (Å²) in [6.07, 6.45) is 1.87. The average molecular weight is 311 g/mol. The zero-order valence-corrected chi connectivity index (χ0v) is 12.9. The number of nitrogens with two attached hydrogens (primary N) is 2. The van der Waals surface area contributed by atoms with Crippen molar-refractivity contribution in [2.75, 3.05) is 18.8 Å². The van der Waals surface area contributed by atoms with E-state index < -0.39 is 21.8 Å². The van der Waals surface area contributed by atoms with Crippen LogP contribution in [-0.2, 0) is 21.2 Å². The van der Waals surface area contributed by atoms with Gasteiger partial charge in [0.15, 0.2) is 0 Å². The maximum atomic E-state index is 12.8. The van der Waals surface area contributed by atoms with E-state index in [1.807, 2.05) is 6.92 Å². The monoisotopic (exact) mass is 311 g/mol. The lowest BCUT2D eigenvalue weighted by molar-refractivity contribution is -0.122. The van der Waals surface area contributed by atoms with Gasteiger partial charge in [-0.1, -0.05) is 13.0 Å². The molecule has 1 aromatic carbocycles. The molecular weight excluding hydrogens is 290 g/mol. The molecule has 0 aromatic heterocycles. The Labute approximate surface area is 125 Å². The van der Waals surface area contributed by atoms with Crippen molar-refractivity contribution in [2.24, 2.45) is 11.7 Å². The molecule has 1 heterocycles. The summed E-state index contributed by atoms with van der Waals surface area (Å²) in [5.74, 6) is -0.863. The number of anilines is 1. The number of benzene rings is 1. The smallest absolute Gasteiger partial charge is 0.243 e. The lowest BCUT2D eigenvalue weighted by Crippen LogP contribution is -2.44. The first-order chi connectivity index (χ1) is 9.86. The highest BCUT2D eigenvalue weighted by atomic mass is 32.2. The van der Waals surface area contributed by atoms with Gasteiger partial charge in [-0.05, 0) is 37.0 Å². The molecule has 6 nitrogen and oxygen atoms in total. The number of hydrogen-bond donors (Lipinski definition) is 2. The third kappa shape index (κ3) is 3.19. The maximum Gasteiger partial charge on any atom is 0.243 e. The Morgan fingerprint density at radius 1 is 1.43 bits per heavy atom. The van der Waals surface area contributed by atoms with Crippen LogP contribution in [0.15, 0.2) is 23.1 Å². The zero-order valence-electron chi connectivity index (χ0n) is 12.1. The summed E-state index contributed by atoms with van der Waals surface area (Å²) in [5, 5.41) is 0. The predicted octanol–water partition coefficient (Wildman–Crippen LogP) is 0.717. The predicted molar refractivity (Wildman–Crippen MR) is 80.9 cm³/mol. The number of rotatable bonds is 4. The third-order valence-corrected chi connectivity index (χ3v) is 5.82. The van der Waals surface area contributed by atoms with Crippen LogP contribution in [0.4, 0.5) is 5.69 Å². The van der Waals surface area contributed by atoms with E-state index in [0.717, 1.165) is 5.56 Å². The van der Waals surface area contributed by atoms with Gasteiger partial charge in [-0.15, -0.1) is 0 Å². The number of piperidine rings is 1. The van der Waals surface area contributed by atoms with Gasteiger partial charge in [0.05, 0.1) is 10.8 Å². The minimum absolute atomic E-state index is 0.148. The third-order valence-electron chi connectivity index (χ3n) is 3.88. The number of hydrogen-bond acceptors (Lipinski definition) is 4. The number of carbonyl (C=O) groups is 1. The highest BCUT2D eigenvalue weighted by Gasteiger charge is 2.33. The number of sulfonamides is 1. The molecule has 1 aromatic rings. The molecule has 1 unspecified atom stereocenters. The Bertz CT molecular complexity index is 643. The molecule has 1 aliphatic heterocycles. The SMILES string of the molecule is CCc1ccc(N)cc1S(=O)(=O)N1CCCC(C(N)=O)C1. The molecule has 0 saturated carbocycles. The average Bonchev–Trinajstić information content (AvgIpc) is 2.47. The summed E-state index contributed by atoms with van der Waals surface area (Å²) < 4.78 is 27.0. The molecular formula is C14H21N3O3S. The van der Waals surface area contributed by atoms with Crippen molar-refractivity contribution >= 4 is 21.6 Å². The van der Waals surface area contributed by atoms with Crippen molar-refractivity contribution in [1.29, 1.82) is 0 Å². The molecule has 4 N–H and O–H groups in total. The fourth-order valence-corrected chi connectivity index (χ4v) is 4.49. The Balaban J connectivity index is 2.38. The van der Waals surface area contributed by atoms with Crippen molar-refractivity contribution in [3.05, 3.63) is 23.8 Å². The van der Waals surface area contributed by atoms with E-state index in [1.165, 1.54) is 10.4 Å². The number of primary amides is 1. The minimum atomic E-state index is -3.65. The second-order valence-electron chi connectivity index (χ2n) is 5.33.